The second-order valence-electron chi connectivity index (χ2n) is 7.31. The Morgan fingerprint density at radius 1 is 1.27 bits per heavy atom. The van der Waals surface area contributed by atoms with E-state index in [0.29, 0.717) is 19.3 Å². The number of rotatable bonds is 6. The topological polar surface area (TPSA) is 111 Å². The van der Waals surface area contributed by atoms with E-state index in [0.717, 1.165) is 0 Å². The lowest BCUT2D eigenvalue weighted by Gasteiger charge is -2.25. The first-order chi connectivity index (χ1) is 12.0. The maximum Gasteiger partial charge on any atom is 0.408 e. The summed E-state index contributed by atoms with van der Waals surface area (Å²) >= 11 is 0. The molecule has 1 aliphatic rings. The van der Waals surface area contributed by atoms with E-state index in [1.165, 1.54) is 20.1 Å². The van der Waals surface area contributed by atoms with Crippen molar-refractivity contribution in [3.63, 3.8) is 0 Å². The van der Waals surface area contributed by atoms with Crippen molar-refractivity contribution < 1.29 is 28.7 Å². The van der Waals surface area contributed by atoms with Crippen molar-refractivity contribution in [2.45, 2.75) is 64.6 Å². The van der Waals surface area contributed by atoms with Crippen LogP contribution in [0.15, 0.2) is 12.2 Å². The lowest BCUT2D eigenvalue weighted by Crippen LogP contribution is -2.51. The third kappa shape index (κ3) is 7.67. The summed E-state index contributed by atoms with van der Waals surface area (Å²) in [7, 11) is 1.24. The van der Waals surface area contributed by atoms with E-state index in [9.17, 15) is 19.2 Å². The molecule has 1 rings (SSSR count). The molecule has 2 N–H and O–H groups in total. The highest BCUT2D eigenvalue weighted by Crippen LogP contribution is 2.20. The number of carbonyl (C=O) groups is 4. The van der Waals surface area contributed by atoms with Gasteiger partial charge < -0.3 is 20.1 Å². The van der Waals surface area contributed by atoms with Crippen LogP contribution in [0.5, 0.6) is 0 Å². The van der Waals surface area contributed by atoms with Crippen LogP contribution in [0.2, 0.25) is 0 Å². The number of methoxy groups -OCH3 is 1. The predicted molar refractivity (Wildman–Crippen MR) is 94.3 cm³/mol. The number of amides is 2. The standard InChI is InChI=1S/C18H28N2O6/c1-11(19-17(24)26-18(2,3)4)15(22)20-14(16(23)25-5)10-12-6-8-13(21)9-7-12/h6,8,11-12,14H,7,9-10H2,1-5H3,(H,19,24)(H,20,22)/t11-,12-,14-/m0/s1. The van der Waals surface area contributed by atoms with E-state index in [-0.39, 0.29) is 11.7 Å². The van der Waals surface area contributed by atoms with Gasteiger partial charge in [0.1, 0.15) is 17.7 Å². The fourth-order valence-electron chi connectivity index (χ4n) is 2.45. The maximum atomic E-state index is 12.3. The summed E-state index contributed by atoms with van der Waals surface area (Å²) in [6.45, 7) is 6.64. The summed E-state index contributed by atoms with van der Waals surface area (Å²) in [6.07, 6.45) is 3.88. The normalized spacial score (nSPS) is 19.3. The van der Waals surface area contributed by atoms with Gasteiger partial charge in [0.05, 0.1) is 7.11 Å². The molecule has 0 fully saturated rings. The molecular weight excluding hydrogens is 340 g/mol. The molecule has 0 spiro atoms. The number of alkyl carbamates (subject to hydrolysis) is 1. The van der Waals surface area contributed by atoms with Crippen LogP contribution in [0.4, 0.5) is 4.79 Å². The van der Waals surface area contributed by atoms with Gasteiger partial charge in [-0.2, -0.15) is 0 Å². The Bertz CT molecular complexity index is 579. The van der Waals surface area contributed by atoms with Gasteiger partial charge in [0, 0.05) is 6.42 Å². The van der Waals surface area contributed by atoms with Crippen LogP contribution in [0.25, 0.3) is 0 Å². The monoisotopic (exact) mass is 368 g/mol. The molecule has 0 saturated carbocycles. The van der Waals surface area contributed by atoms with Gasteiger partial charge in [0.15, 0.2) is 5.78 Å². The molecule has 26 heavy (non-hydrogen) atoms. The molecule has 0 radical (unpaired) electrons. The van der Waals surface area contributed by atoms with Gasteiger partial charge in [-0.25, -0.2) is 9.59 Å². The summed E-state index contributed by atoms with van der Waals surface area (Å²) in [4.78, 5) is 47.3. The van der Waals surface area contributed by atoms with Crippen molar-refractivity contribution in [2.75, 3.05) is 7.11 Å². The minimum atomic E-state index is -0.888. The van der Waals surface area contributed by atoms with E-state index in [1.807, 2.05) is 0 Å². The predicted octanol–water partition coefficient (Wildman–Crippen LogP) is 1.48. The van der Waals surface area contributed by atoms with Crippen LogP contribution in [0.3, 0.4) is 0 Å². The third-order valence-electron chi connectivity index (χ3n) is 3.78. The maximum absolute atomic E-state index is 12.3. The number of carbonyl (C=O) groups excluding carboxylic acids is 4. The summed E-state index contributed by atoms with van der Waals surface area (Å²) in [5.74, 6) is -1.06. The molecule has 1 aliphatic carbocycles. The largest absolute Gasteiger partial charge is 0.467 e. The number of esters is 1. The molecule has 3 atom stereocenters. The van der Waals surface area contributed by atoms with Crippen molar-refractivity contribution in [3.8, 4) is 0 Å². The van der Waals surface area contributed by atoms with Crippen LogP contribution in [0, 0.1) is 5.92 Å². The van der Waals surface area contributed by atoms with Gasteiger partial charge in [-0.3, -0.25) is 9.59 Å². The van der Waals surface area contributed by atoms with E-state index in [1.54, 1.807) is 26.8 Å². The van der Waals surface area contributed by atoms with Crippen LogP contribution >= 0.6 is 0 Å². The van der Waals surface area contributed by atoms with Crippen molar-refractivity contribution >= 4 is 23.8 Å². The molecule has 0 saturated heterocycles. The number of hydrogen-bond donors (Lipinski definition) is 2. The molecule has 0 heterocycles. The molecule has 0 unspecified atom stereocenters. The summed E-state index contributed by atoms with van der Waals surface area (Å²) in [5, 5.41) is 5.02. The smallest absolute Gasteiger partial charge is 0.408 e. The summed E-state index contributed by atoms with van der Waals surface area (Å²) < 4.78 is 9.85. The number of nitrogens with one attached hydrogen (secondary N) is 2. The molecule has 0 aromatic rings. The Morgan fingerprint density at radius 2 is 1.92 bits per heavy atom. The number of ether oxygens (including phenoxy) is 2. The molecule has 0 aliphatic heterocycles. The first-order valence-electron chi connectivity index (χ1n) is 8.60. The fraction of sp³-hybridized carbons (Fsp3) is 0.667. The highest BCUT2D eigenvalue weighted by atomic mass is 16.6. The van der Waals surface area contributed by atoms with Gasteiger partial charge in [-0.05, 0) is 52.5 Å². The van der Waals surface area contributed by atoms with Gasteiger partial charge in [-0.15, -0.1) is 0 Å². The van der Waals surface area contributed by atoms with Crippen molar-refractivity contribution in [1.82, 2.24) is 10.6 Å². The molecule has 8 nitrogen and oxygen atoms in total. The van der Waals surface area contributed by atoms with E-state index in [4.69, 9.17) is 9.47 Å². The highest BCUT2D eigenvalue weighted by Gasteiger charge is 2.28. The van der Waals surface area contributed by atoms with E-state index < -0.39 is 35.7 Å². The lowest BCUT2D eigenvalue weighted by molar-refractivity contribution is -0.145. The Labute approximate surface area is 153 Å². The quantitative estimate of drug-likeness (QED) is 0.687. The average Bonchev–Trinajstić information content (AvgIpc) is 2.53. The van der Waals surface area contributed by atoms with Crippen molar-refractivity contribution in [3.05, 3.63) is 12.2 Å². The Kier molecular flexibility index (Phi) is 7.79. The number of allylic oxidation sites excluding steroid dienone is 2. The van der Waals surface area contributed by atoms with Gasteiger partial charge in [0.25, 0.3) is 0 Å². The Hall–Kier alpha value is -2.38. The average molecular weight is 368 g/mol. The SMILES string of the molecule is COC(=O)[C@H](C[C@H]1C=CC(=O)CC1)NC(=O)[C@H](C)NC(=O)OC(C)(C)C. The number of ketones is 1. The zero-order chi connectivity index (χ0) is 19.9. The third-order valence-corrected chi connectivity index (χ3v) is 3.78. The van der Waals surface area contributed by atoms with Gasteiger partial charge in [0.2, 0.25) is 5.91 Å². The van der Waals surface area contributed by atoms with Crippen molar-refractivity contribution in [1.29, 1.82) is 0 Å². The highest BCUT2D eigenvalue weighted by molar-refractivity contribution is 5.91. The first-order valence-corrected chi connectivity index (χ1v) is 8.60. The molecule has 0 aromatic heterocycles. The Morgan fingerprint density at radius 3 is 2.42 bits per heavy atom. The van der Waals surface area contributed by atoms with E-state index in [2.05, 4.69) is 10.6 Å². The minimum Gasteiger partial charge on any atom is -0.467 e. The minimum absolute atomic E-state index is 0.00813. The summed E-state index contributed by atoms with van der Waals surface area (Å²) in [6, 6.07) is -1.75. The second kappa shape index (κ2) is 9.35. The van der Waals surface area contributed by atoms with E-state index >= 15 is 0 Å². The second-order valence-corrected chi connectivity index (χ2v) is 7.31. The zero-order valence-corrected chi connectivity index (χ0v) is 16.0. The molecule has 8 heteroatoms. The lowest BCUT2D eigenvalue weighted by atomic mass is 9.89. The molecule has 2 amide bonds. The molecule has 0 bridgehead atoms. The van der Waals surface area contributed by atoms with Crippen LogP contribution in [0.1, 0.15) is 47.0 Å². The van der Waals surface area contributed by atoms with Gasteiger partial charge in [-0.1, -0.05) is 6.08 Å². The van der Waals surface area contributed by atoms with Crippen LogP contribution in [-0.2, 0) is 23.9 Å². The van der Waals surface area contributed by atoms with Crippen molar-refractivity contribution in [2.24, 2.45) is 5.92 Å². The van der Waals surface area contributed by atoms with Crippen LogP contribution < -0.4 is 10.6 Å². The molecular formula is C18H28N2O6. The Balaban J connectivity index is 2.64. The molecule has 146 valence electrons. The van der Waals surface area contributed by atoms with Gasteiger partial charge >= 0.3 is 12.1 Å². The summed E-state index contributed by atoms with van der Waals surface area (Å²) in [5.41, 5.74) is -0.681. The van der Waals surface area contributed by atoms with Crippen LogP contribution in [-0.4, -0.2) is 48.5 Å². The molecule has 0 aromatic carbocycles. The fourth-order valence-corrected chi connectivity index (χ4v) is 2.45. The zero-order valence-electron chi connectivity index (χ0n) is 16.0. The first kappa shape index (κ1) is 21.7. The number of hydrogen-bond acceptors (Lipinski definition) is 6.